The van der Waals surface area contributed by atoms with Crippen LogP contribution in [-0.4, -0.2) is 82.4 Å². The van der Waals surface area contributed by atoms with Gasteiger partial charge in [-0.15, -0.1) is 24.0 Å². The van der Waals surface area contributed by atoms with Gasteiger partial charge in [0.1, 0.15) is 0 Å². The minimum Gasteiger partial charge on any atom is -0.385 e. The molecule has 0 amide bonds. The SMILES string of the molecule is CCNC(=NCC1(CCOC)CCC1)NCCS(=O)(=O)N1CCSCC1.I. The van der Waals surface area contributed by atoms with Gasteiger partial charge >= 0.3 is 0 Å². The van der Waals surface area contributed by atoms with Crippen LogP contribution in [0.2, 0.25) is 0 Å². The Morgan fingerprint density at radius 3 is 2.52 bits per heavy atom. The van der Waals surface area contributed by atoms with Crippen LogP contribution in [0.3, 0.4) is 0 Å². The molecule has 2 aliphatic rings. The molecule has 0 unspecified atom stereocenters. The third-order valence-corrected chi connectivity index (χ3v) is 8.00. The Morgan fingerprint density at radius 2 is 1.96 bits per heavy atom. The van der Waals surface area contributed by atoms with Gasteiger partial charge in [-0.3, -0.25) is 4.99 Å². The van der Waals surface area contributed by atoms with Crippen molar-refractivity contribution in [2.24, 2.45) is 10.4 Å². The zero-order chi connectivity index (χ0) is 18.9. The van der Waals surface area contributed by atoms with Crippen molar-refractivity contribution < 1.29 is 13.2 Å². The van der Waals surface area contributed by atoms with Crippen molar-refractivity contribution in [1.29, 1.82) is 0 Å². The maximum atomic E-state index is 12.4. The van der Waals surface area contributed by atoms with Gasteiger partial charge in [-0.05, 0) is 31.6 Å². The predicted molar refractivity (Wildman–Crippen MR) is 125 cm³/mol. The molecule has 2 rings (SSSR count). The van der Waals surface area contributed by atoms with Crippen molar-refractivity contribution in [3.63, 3.8) is 0 Å². The largest absolute Gasteiger partial charge is 0.385 e. The molecule has 1 aliphatic carbocycles. The molecular weight excluding hydrogens is 499 g/mol. The summed E-state index contributed by atoms with van der Waals surface area (Å²) in [6.45, 7) is 5.94. The Labute approximate surface area is 185 Å². The Bertz CT molecular complexity index is 550. The number of ether oxygens (including phenoxy) is 1. The average Bonchev–Trinajstić information content (AvgIpc) is 2.61. The van der Waals surface area contributed by atoms with Gasteiger partial charge < -0.3 is 15.4 Å². The second-order valence-electron chi connectivity index (χ2n) is 7.05. The van der Waals surface area contributed by atoms with Gasteiger partial charge in [0.25, 0.3) is 0 Å². The molecule has 160 valence electrons. The standard InChI is InChI=1S/C17H34N4O3S2.HI/c1-3-18-16(20-15-17(5-4-6-17)7-11-24-2)19-8-14-26(22,23)21-9-12-25-13-10-21;/h3-15H2,1-2H3,(H2,18,19,20);1H. The summed E-state index contributed by atoms with van der Waals surface area (Å²) < 4.78 is 31.7. The minimum atomic E-state index is -3.18. The first-order valence-corrected chi connectivity index (χ1v) is 12.3. The van der Waals surface area contributed by atoms with E-state index in [4.69, 9.17) is 9.73 Å². The highest BCUT2D eigenvalue weighted by Gasteiger charge is 2.36. The maximum Gasteiger partial charge on any atom is 0.215 e. The molecule has 7 nitrogen and oxygen atoms in total. The number of hydrogen-bond donors (Lipinski definition) is 2. The first-order valence-electron chi connectivity index (χ1n) is 9.58. The van der Waals surface area contributed by atoms with E-state index in [0.717, 1.165) is 37.6 Å². The van der Waals surface area contributed by atoms with Crippen molar-refractivity contribution >= 4 is 51.7 Å². The molecule has 0 radical (unpaired) electrons. The molecule has 1 saturated carbocycles. The fraction of sp³-hybridized carbons (Fsp3) is 0.941. The molecule has 0 spiro atoms. The molecule has 2 fully saturated rings. The van der Waals surface area contributed by atoms with Crippen molar-refractivity contribution in [2.45, 2.75) is 32.6 Å². The molecule has 1 saturated heterocycles. The van der Waals surface area contributed by atoms with Crippen LogP contribution in [0.5, 0.6) is 0 Å². The molecule has 0 aromatic heterocycles. The lowest BCUT2D eigenvalue weighted by atomic mass is 9.67. The smallest absolute Gasteiger partial charge is 0.215 e. The van der Waals surface area contributed by atoms with Crippen molar-refractivity contribution in [1.82, 2.24) is 14.9 Å². The number of aliphatic imine (C=N–C) groups is 1. The highest BCUT2D eigenvalue weighted by Crippen LogP contribution is 2.44. The highest BCUT2D eigenvalue weighted by atomic mass is 127. The molecule has 1 aliphatic heterocycles. The second-order valence-corrected chi connectivity index (χ2v) is 10.4. The van der Waals surface area contributed by atoms with Crippen LogP contribution in [0, 0.1) is 5.41 Å². The number of nitrogens with one attached hydrogen (secondary N) is 2. The van der Waals surface area contributed by atoms with Crippen molar-refractivity contribution in [3.8, 4) is 0 Å². The van der Waals surface area contributed by atoms with Crippen molar-refractivity contribution in [3.05, 3.63) is 0 Å². The van der Waals surface area contributed by atoms with Crippen LogP contribution in [0.15, 0.2) is 4.99 Å². The lowest BCUT2D eigenvalue weighted by Crippen LogP contribution is -2.44. The molecule has 0 aromatic carbocycles. The number of methoxy groups -OCH3 is 1. The van der Waals surface area contributed by atoms with E-state index < -0.39 is 10.0 Å². The van der Waals surface area contributed by atoms with E-state index >= 15 is 0 Å². The molecule has 2 N–H and O–H groups in total. The van der Waals surface area contributed by atoms with E-state index in [1.54, 1.807) is 11.4 Å². The van der Waals surface area contributed by atoms with Gasteiger partial charge in [-0.2, -0.15) is 11.8 Å². The first kappa shape index (κ1) is 25.3. The first-order chi connectivity index (χ1) is 12.5. The summed E-state index contributed by atoms with van der Waals surface area (Å²) in [6.07, 6.45) is 4.69. The number of sulfonamides is 1. The summed E-state index contributed by atoms with van der Waals surface area (Å²) in [5, 5.41) is 6.41. The molecule has 10 heteroatoms. The normalized spacial score (nSPS) is 20.4. The average molecular weight is 535 g/mol. The third kappa shape index (κ3) is 8.23. The summed E-state index contributed by atoms with van der Waals surface area (Å²) in [7, 11) is -1.45. The molecule has 0 atom stereocenters. The summed E-state index contributed by atoms with van der Waals surface area (Å²) in [4.78, 5) is 4.72. The van der Waals surface area contributed by atoms with Gasteiger partial charge in [-0.1, -0.05) is 6.42 Å². The van der Waals surface area contributed by atoms with Crippen molar-refractivity contribution in [2.75, 3.05) is 63.7 Å². The Kier molecular flexibility index (Phi) is 11.9. The molecule has 0 aromatic rings. The Hall–Kier alpha value is 0.220. The number of nitrogens with zero attached hydrogens (tertiary/aromatic N) is 2. The fourth-order valence-electron chi connectivity index (χ4n) is 3.32. The van der Waals surface area contributed by atoms with Crippen LogP contribution in [0.4, 0.5) is 0 Å². The van der Waals surface area contributed by atoms with Gasteiger partial charge in [0.15, 0.2) is 5.96 Å². The monoisotopic (exact) mass is 534 g/mol. The van der Waals surface area contributed by atoms with E-state index in [0.29, 0.717) is 25.6 Å². The highest BCUT2D eigenvalue weighted by molar-refractivity contribution is 14.0. The lowest BCUT2D eigenvalue weighted by molar-refractivity contribution is 0.0778. The zero-order valence-corrected chi connectivity index (χ0v) is 20.5. The fourth-order valence-corrected chi connectivity index (χ4v) is 5.81. The third-order valence-electron chi connectivity index (χ3n) is 5.18. The van der Waals surface area contributed by atoms with Gasteiger partial charge in [-0.25, -0.2) is 12.7 Å². The van der Waals surface area contributed by atoms with E-state index in [9.17, 15) is 8.42 Å². The van der Waals surface area contributed by atoms with Gasteiger partial charge in [0.2, 0.25) is 10.0 Å². The van der Waals surface area contributed by atoms with E-state index in [2.05, 4.69) is 10.6 Å². The van der Waals surface area contributed by atoms with Crippen LogP contribution >= 0.6 is 35.7 Å². The van der Waals surface area contributed by atoms with E-state index in [-0.39, 0.29) is 35.1 Å². The van der Waals surface area contributed by atoms with Gasteiger partial charge in [0.05, 0.1) is 5.75 Å². The molecule has 1 heterocycles. The van der Waals surface area contributed by atoms with Gasteiger partial charge in [0, 0.05) is 57.9 Å². The number of hydrogen-bond acceptors (Lipinski definition) is 5. The van der Waals surface area contributed by atoms with Crippen LogP contribution in [-0.2, 0) is 14.8 Å². The zero-order valence-electron chi connectivity index (χ0n) is 16.5. The maximum absolute atomic E-state index is 12.4. The van der Waals surface area contributed by atoms with Crippen LogP contribution < -0.4 is 10.6 Å². The van der Waals surface area contributed by atoms with Crippen LogP contribution in [0.25, 0.3) is 0 Å². The summed E-state index contributed by atoms with van der Waals surface area (Å²) in [5.74, 6) is 2.60. The quantitative estimate of drug-likeness (QED) is 0.253. The number of thioether (sulfide) groups is 1. The summed E-state index contributed by atoms with van der Waals surface area (Å²) >= 11 is 1.81. The van der Waals surface area contributed by atoms with E-state index in [1.165, 1.54) is 19.3 Å². The van der Waals surface area contributed by atoms with E-state index in [1.807, 2.05) is 18.7 Å². The summed E-state index contributed by atoms with van der Waals surface area (Å²) in [6, 6.07) is 0. The Morgan fingerprint density at radius 1 is 1.26 bits per heavy atom. The summed E-state index contributed by atoms with van der Waals surface area (Å²) in [5.41, 5.74) is 0.260. The predicted octanol–water partition coefficient (Wildman–Crippen LogP) is 1.74. The number of halogens is 1. The Balaban J connectivity index is 0.00000364. The number of guanidine groups is 1. The number of rotatable bonds is 10. The van der Waals surface area contributed by atoms with Crippen LogP contribution in [0.1, 0.15) is 32.6 Å². The topological polar surface area (TPSA) is 83.0 Å². The minimum absolute atomic E-state index is 0. The molecular formula is C17H35IN4O3S2. The second kappa shape index (κ2) is 12.7. The molecule has 0 bridgehead atoms. The molecule has 27 heavy (non-hydrogen) atoms. The lowest BCUT2D eigenvalue weighted by Gasteiger charge is -2.40.